The molecule has 3 amide bonds. The molecule has 0 radical (unpaired) electrons. The number of Topliss-reactive ketones (excluding diaryl/α,β-unsaturated/α-hetero) is 1. The Morgan fingerprint density at radius 3 is 2.37 bits per heavy atom. The Hall–Kier alpha value is -4.83. The molecular weight excluding hydrogens is 781 g/mol. The van der Waals surface area contributed by atoms with E-state index in [0.717, 1.165) is 17.2 Å². The Balaban J connectivity index is 1.00. The number of hydrogen-bond donors (Lipinski definition) is 5. The first-order valence-corrected chi connectivity index (χ1v) is 20.4. The third-order valence-corrected chi connectivity index (χ3v) is 13.1. The smallest absolute Gasteiger partial charge is 0.408 e. The number of aliphatic hydroxyl groups excluding tert-OH is 2. The van der Waals surface area contributed by atoms with Gasteiger partial charge in [-0.15, -0.1) is 0 Å². The molecule has 322 valence electrons. The van der Waals surface area contributed by atoms with Gasteiger partial charge in [-0.1, -0.05) is 49.4 Å². The van der Waals surface area contributed by atoms with Crippen molar-refractivity contribution in [3.63, 3.8) is 0 Å². The van der Waals surface area contributed by atoms with Crippen molar-refractivity contribution in [2.24, 2.45) is 23.2 Å². The van der Waals surface area contributed by atoms with Crippen molar-refractivity contribution in [3.05, 3.63) is 89.0 Å². The van der Waals surface area contributed by atoms with Crippen molar-refractivity contribution in [3.8, 4) is 0 Å². The summed E-state index contributed by atoms with van der Waals surface area (Å²) in [4.78, 5) is 63.6. The lowest BCUT2D eigenvalue weighted by atomic mass is 9.48. The zero-order chi connectivity index (χ0) is 43.5. The SMILES string of the molecule is C[C@H](NC(=O)OC(C)(C)C)C(=O)N[C@@H](C)C(=O)Nc1cccc(Cc2ccc(C3O[C@@H]4C[C@H]5C6C[C@H](F)C7=CC(=O)C=CC7[C@@]6(F)C(O)CC5(C)[C@]4(C(=O)CO)O3)cc2)c1. The lowest BCUT2D eigenvalue weighted by molar-refractivity contribution is -0.223. The van der Waals surface area contributed by atoms with E-state index in [-0.39, 0.29) is 24.8 Å². The molecule has 1 aliphatic heterocycles. The molecule has 4 fully saturated rings. The van der Waals surface area contributed by atoms with E-state index in [1.807, 2.05) is 24.3 Å². The maximum Gasteiger partial charge on any atom is 0.408 e. The number of benzene rings is 2. The molecule has 13 nitrogen and oxygen atoms in total. The number of halogens is 2. The summed E-state index contributed by atoms with van der Waals surface area (Å²) in [7, 11) is 0. The molecule has 1 heterocycles. The summed E-state index contributed by atoms with van der Waals surface area (Å²) in [5, 5.41) is 29.7. The molecule has 60 heavy (non-hydrogen) atoms. The quantitative estimate of drug-likeness (QED) is 0.221. The second-order valence-electron chi connectivity index (χ2n) is 18.1. The lowest BCUT2D eigenvalue weighted by Crippen LogP contribution is -2.68. The number of anilines is 1. The fourth-order valence-corrected chi connectivity index (χ4v) is 10.3. The summed E-state index contributed by atoms with van der Waals surface area (Å²) in [6.45, 7) is 8.99. The van der Waals surface area contributed by atoms with Crippen molar-refractivity contribution in [2.45, 2.75) is 121 Å². The first kappa shape index (κ1) is 43.3. The zero-order valence-corrected chi connectivity index (χ0v) is 34.5. The minimum atomic E-state index is -2.28. The van der Waals surface area contributed by atoms with Gasteiger partial charge in [0.15, 0.2) is 23.5 Å². The van der Waals surface area contributed by atoms with Gasteiger partial charge in [0.1, 0.15) is 36.1 Å². The van der Waals surface area contributed by atoms with Gasteiger partial charge in [-0.25, -0.2) is 13.6 Å². The van der Waals surface area contributed by atoms with Crippen LogP contribution >= 0.6 is 0 Å². The average molecular weight is 834 g/mol. The number of nitrogens with one attached hydrogen (secondary N) is 3. The Labute approximate surface area is 347 Å². The molecule has 1 saturated heterocycles. The van der Waals surface area contributed by atoms with E-state index in [1.54, 1.807) is 52.0 Å². The highest BCUT2D eigenvalue weighted by atomic mass is 19.1. The number of aliphatic hydroxyl groups is 2. The number of allylic oxidation sites excluding steroid dienone is 4. The molecule has 0 bridgehead atoms. The number of carbonyl (C=O) groups is 5. The first-order valence-electron chi connectivity index (χ1n) is 20.4. The predicted octanol–water partition coefficient (Wildman–Crippen LogP) is 4.89. The Morgan fingerprint density at radius 2 is 1.68 bits per heavy atom. The van der Waals surface area contributed by atoms with E-state index in [2.05, 4.69) is 16.0 Å². The van der Waals surface area contributed by atoms with Crippen LogP contribution in [0.4, 0.5) is 19.3 Å². The second kappa shape index (κ2) is 15.9. The summed E-state index contributed by atoms with van der Waals surface area (Å²) in [5.41, 5.74) is -3.07. The minimum Gasteiger partial charge on any atom is -0.444 e. The van der Waals surface area contributed by atoms with Gasteiger partial charge in [-0.3, -0.25) is 19.2 Å². The van der Waals surface area contributed by atoms with Crippen LogP contribution in [0.2, 0.25) is 0 Å². The normalized spacial score (nSPS) is 33.9. The molecule has 15 heteroatoms. The number of amides is 3. The van der Waals surface area contributed by atoms with Gasteiger partial charge in [-0.2, -0.15) is 0 Å². The van der Waals surface area contributed by atoms with Crippen LogP contribution in [0.1, 0.15) is 83.8 Å². The molecule has 7 rings (SSSR count). The number of rotatable bonds is 10. The molecule has 2 aromatic rings. The number of carbonyl (C=O) groups excluding carboxylic acids is 5. The van der Waals surface area contributed by atoms with Crippen LogP contribution < -0.4 is 16.0 Å². The van der Waals surface area contributed by atoms with E-state index >= 15 is 8.78 Å². The van der Waals surface area contributed by atoms with Crippen LogP contribution in [0, 0.1) is 23.2 Å². The maximum absolute atomic E-state index is 17.3. The highest BCUT2D eigenvalue weighted by Crippen LogP contribution is 2.70. The topological polar surface area (TPSA) is 190 Å². The van der Waals surface area contributed by atoms with Crippen LogP contribution in [-0.2, 0) is 39.8 Å². The largest absolute Gasteiger partial charge is 0.444 e. The zero-order valence-electron chi connectivity index (χ0n) is 34.5. The number of hydrogen-bond acceptors (Lipinski definition) is 10. The number of alkyl carbamates (subject to hydrolysis) is 1. The summed E-state index contributed by atoms with van der Waals surface area (Å²) in [6, 6.07) is 12.7. The highest BCUT2D eigenvalue weighted by Gasteiger charge is 2.78. The molecule has 5 aliphatic rings. The van der Waals surface area contributed by atoms with Crippen LogP contribution in [0.5, 0.6) is 0 Å². The number of alkyl halides is 2. The average Bonchev–Trinajstić information content (AvgIpc) is 3.68. The summed E-state index contributed by atoms with van der Waals surface area (Å²) < 4.78 is 51.2. The molecule has 5 N–H and O–H groups in total. The van der Waals surface area contributed by atoms with Crippen molar-refractivity contribution < 1.29 is 57.2 Å². The number of fused-ring (bicyclic) bond motifs is 7. The summed E-state index contributed by atoms with van der Waals surface area (Å²) in [6.07, 6.45) is -2.10. The van der Waals surface area contributed by atoms with Crippen LogP contribution in [0.25, 0.3) is 0 Å². The van der Waals surface area contributed by atoms with Gasteiger partial charge in [0.2, 0.25) is 11.8 Å². The van der Waals surface area contributed by atoms with Crippen LogP contribution in [0.3, 0.4) is 0 Å². The molecule has 2 aromatic carbocycles. The third kappa shape index (κ3) is 7.58. The van der Waals surface area contributed by atoms with E-state index < -0.39 is 113 Å². The predicted molar refractivity (Wildman–Crippen MR) is 214 cm³/mol. The van der Waals surface area contributed by atoms with E-state index in [1.165, 1.54) is 26.0 Å². The Kier molecular flexibility index (Phi) is 11.5. The number of ether oxygens (including phenoxy) is 3. The second-order valence-corrected chi connectivity index (χ2v) is 18.1. The van der Waals surface area contributed by atoms with Gasteiger partial charge in [0.05, 0.1) is 12.2 Å². The molecule has 4 aliphatic carbocycles. The molecule has 5 unspecified atom stereocenters. The Bertz CT molecular complexity index is 2120. The summed E-state index contributed by atoms with van der Waals surface area (Å²) >= 11 is 0. The molecule has 0 aromatic heterocycles. The molecule has 3 saturated carbocycles. The van der Waals surface area contributed by atoms with E-state index in [0.29, 0.717) is 17.7 Å². The minimum absolute atomic E-state index is 0.0222. The lowest BCUT2D eigenvalue weighted by Gasteiger charge is -2.59. The van der Waals surface area contributed by atoms with Gasteiger partial charge >= 0.3 is 6.09 Å². The molecule has 0 spiro atoms. The maximum atomic E-state index is 17.3. The number of ketones is 2. The highest BCUT2D eigenvalue weighted by molar-refractivity contribution is 6.01. The van der Waals surface area contributed by atoms with Crippen molar-refractivity contribution in [1.29, 1.82) is 0 Å². The van der Waals surface area contributed by atoms with Crippen LogP contribution in [-0.4, -0.2) is 93.6 Å². The van der Waals surface area contributed by atoms with Gasteiger partial charge < -0.3 is 40.4 Å². The first-order chi connectivity index (χ1) is 28.2. The third-order valence-electron chi connectivity index (χ3n) is 13.1. The Morgan fingerprint density at radius 1 is 0.983 bits per heavy atom. The standard InChI is InChI=1S/C45H53F2N3O10/c1-23(48-38(55)24(2)49-41(57)60-42(3,4)5)39(56)50-28-9-7-8-26(17-28)16-25-10-12-27(13-11-25)40-58-37-20-32-33-19-34(46)30-18-29(52)14-15-31(30)44(33,47)35(53)21-43(32,6)45(37,59-40)36(54)22-51/h7-15,17-18,23-24,31-35,37,40,51,53H,16,19-22H2,1-6H3,(H,48,55)(H,49,57)(H,50,56)/t23-,24-,31?,32-,33?,34-,35?,37+,40?,43?,44-,45+/m0/s1. The summed E-state index contributed by atoms with van der Waals surface area (Å²) in [5.74, 6) is -4.89. The van der Waals surface area contributed by atoms with Crippen molar-refractivity contribution in [1.82, 2.24) is 10.6 Å². The monoisotopic (exact) mass is 833 g/mol. The fraction of sp³-hybridized carbons (Fsp3) is 0.533. The van der Waals surface area contributed by atoms with Gasteiger partial charge in [-0.05, 0) is 107 Å². The van der Waals surface area contributed by atoms with E-state index in [4.69, 9.17) is 14.2 Å². The van der Waals surface area contributed by atoms with Gasteiger partial charge in [0, 0.05) is 28.5 Å². The molecule has 12 atom stereocenters. The van der Waals surface area contributed by atoms with Crippen molar-refractivity contribution >= 4 is 35.2 Å². The van der Waals surface area contributed by atoms with Crippen LogP contribution in [0.15, 0.2) is 72.3 Å². The fourth-order valence-electron chi connectivity index (χ4n) is 10.3. The molecular formula is C45H53F2N3O10. The van der Waals surface area contributed by atoms with E-state index in [9.17, 15) is 34.2 Å². The van der Waals surface area contributed by atoms with Crippen molar-refractivity contribution in [2.75, 3.05) is 11.9 Å². The van der Waals surface area contributed by atoms with Gasteiger partial charge in [0.25, 0.3) is 0 Å².